The van der Waals surface area contributed by atoms with Gasteiger partial charge in [0.15, 0.2) is 11.6 Å². The molecule has 1 aromatic carbocycles. The molecule has 1 rings (SSSR count). The van der Waals surface area contributed by atoms with Gasteiger partial charge in [-0.2, -0.15) is 0 Å². The van der Waals surface area contributed by atoms with Gasteiger partial charge in [-0.15, -0.1) is 0 Å². The van der Waals surface area contributed by atoms with Crippen molar-refractivity contribution < 1.29 is 18.7 Å². The zero-order chi connectivity index (χ0) is 17.6. The van der Waals surface area contributed by atoms with Gasteiger partial charge in [-0.3, -0.25) is 9.59 Å². The van der Waals surface area contributed by atoms with Crippen molar-refractivity contribution in [1.29, 1.82) is 0 Å². The molecule has 1 aromatic rings. The smallest absolute Gasteiger partial charge is 0.313 e. The third-order valence-electron chi connectivity index (χ3n) is 3.23. The molecule has 0 aliphatic rings. The molecule has 0 N–H and O–H groups in total. The topological polar surface area (TPSA) is 46.6 Å². The molecule has 0 heterocycles. The Labute approximate surface area is 137 Å². The van der Waals surface area contributed by atoms with Gasteiger partial charge in [-0.05, 0) is 30.5 Å². The lowest BCUT2D eigenvalue weighted by Gasteiger charge is -2.24. The maximum Gasteiger partial charge on any atom is 0.313 e. The van der Waals surface area contributed by atoms with Gasteiger partial charge < -0.3 is 9.64 Å². The number of carbonyl (C=O) groups excluding carboxylic acids is 2. The van der Waals surface area contributed by atoms with Gasteiger partial charge in [0.05, 0.1) is 5.92 Å². The van der Waals surface area contributed by atoms with Crippen LogP contribution in [-0.4, -0.2) is 29.9 Å². The average Bonchev–Trinajstić information content (AvgIpc) is 2.47. The molecule has 0 fully saturated rings. The quantitative estimate of drug-likeness (QED) is 0.565. The summed E-state index contributed by atoms with van der Waals surface area (Å²) in [6.45, 7) is 10.7. The minimum absolute atomic E-state index is 0.147. The van der Waals surface area contributed by atoms with E-state index < -0.39 is 11.8 Å². The number of nitrogens with zero attached hydrogens (tertiary/aromatic N) is 1. The summed E-state index contributed by atoms with van der Waals surface area (Å²) in [6, 6.07) is 3.97. The summed E-state index contributed by atoms with van der Waals surface area (Å²) in [5.74, 6) is -1.57. The number of esters is 1. The summed E-state index contributed by atoms with van der Waals surface area (Å²) in [7, 11) is 0. The van der Waals surface area contributed by atoms with E-state index in [1.54, 1.807) is 18.7 Å². The van der Waals surface area contributed by atoms with Crippen LogP contribution in [0.2, 0.25) is 0 Å². The molecule has 23 heavy (non-hydrogen) atoms. The van der Waals surface area contributed by atoms with Crippen LogP contribution in [0.25, 0.3) is 0 Å². The molecule has 1 amide bonds. The Morgan fingerprint density at radius 2 is 1.87 bits per heavy atom. The predicted octanol–water partition coefficient (Wildman–Crippen LogP) is 3.90. The largest absolute Gasteiger partial charge is 0.423 e. The summed E-state index contributed by atoms with van der Waals surface area (Å²) in [4.78, 5) is 25.8. The highest BCUT2D eigenvalue weighted by Gasteiger charge is 2.19. The zero-order valence-corrected chi connectivity index (χ0v) is 14.6. The minimum atomic E-state index is -0.703. The number of ether oxygens (including phenoxy) is 1. The van der Waals surface area contributed by atoms with Crippen LogP contribution in [0.3, 0.4) is 0 Å². The number of amides is 1. The Morgan fingerprint density at radius 3 is 2.35 bits per heavy atom. The lowest BCUT2D eigenvalue weighted by molar-refractivity contribution is -0.137. The molecule has 0 radical (unpaired) electrons. The first-order chi connectivity index (χ1) is 10.8. The van der Waals surface area contributed by atoms with Crippen molar-refractivity contribution in [2.24, 2.45) is 11.8 Å². The maximum atomic E-state index is 14.1. The molecular formula is C18H26FNO3. The Kier molecular flexibility index (Phi) is 7.20. The fourth-order valence-corrected chi connectivity index (χ4v) is 2.11. The molecule has 0 bridgehead atoms. The van der Waals surface area contributed by atoms with E-state index in [0.29, 0.717) is 19.0 Å². The number of rotatable bonds is 7. The highest BCUT2D eigenvalue weighted by atomic mass is 19.1. The van der Waals surface area contributed by atoms with Crippen LogP contribution in [0.5, 0.6) is 5.75 Å². The SMILES string of the molecule is CCCN(CC(C)C)C(=O)c1ccc(OC(=O)C(C)C)c(F)c1. The molecular weight excluding hydrogens is 297 g/mol. The van der Waals surface area contributed by atoms with Crippen LogP contribution in [0.4, 0.5) is 4.39 Å². The Morgan fingerprint density at radius 1 is 1.22 bits per heavy atom. The van der Waals surface area contributed by atoms with Crippen molar-refractivity contribution in [3.8, 4) is 5.75 Å². The highest BCUT2D eigenvalue weighted by Crippen LogP contribution is 2.21. The van der Waals surface area contributed by atoms with Crippen molar-refractivity contribution in [3.63, 3.8) is 0 Å². The predicted molar refractivity (Wildman–Crippen MR) is 87.9 cm³/mol. The van der Waals surface area contributed by atoms with Crippen LogP contribution < -0.4 is 4.74 Å². The third kappa shape index (κ3) is 5.66. The van der Waals surface area contributed by atoms with E-state index in [4.69, 9.17) is 4.74 Å². The second-order valence-electron chi connectivity index (χ2n) is 6.37. The number of carbonyl (C=O) groups is 2. The normalized spacial score (nSPS) is 11.0. The molecule has 0 spiro atoms. The Hall–Kier alpha value is -1.91. The molecule has 0 aliphatic carbocycles. The first kappa shape index (κ1) is 19.1. The summed E-state index contributed by atoms with van der Waals surface area (Å²) in [5.41, 5.74) is 0.265. The van der Waals surface area contributed by atoms with Crippen LogP contribution in [0, 0.1) is 17.7 Å². The standard InChI is InChI=1S/C18H26FNO3/c1-6-9-20(11-12(2)3)17(21)14-7-8-16(15(19)10-14)23-18(22)13(4)5/h7-8,10,12-13H,6,9,11H2,1-5H3. The highest BCUT2D eigenvalue weighted by molar-refractivity contribution is 5.94. The third-order valence-corrected chi connectivity index (χ3v) is 3.23. The van der Waals surface area contributed by atoms with E-state index in [2.05, 4.69) is 0 Å². The second-order valence-corrected chi connectivity index (χ2v) is 6.37. The summed E-state index contributed by atoms with van der Waals surface area (Å²) in [6.07, 6.45) is 0.838. The van der Waals surface area contributed by atoms with Gasteiger partial charge in [0.1, 0.15) is 0 Å². The van der Waals surface area contributed by atoms with Gasteiger partial charge in [-0.25, -0.2) is 4.39 Å². The summed E-state index contributed by atoms with van der Waals surface area (Å²) < 4.78 is 19.1. The van der Waals surface area contributed by atoms with Gasteiger partial charge in [-0.1, -0.05) is 34.6 Å². The molecule has 5 heteroatoms. The van der Waals surface area contributed by atoms with Crippen molar-refractivity contribution in [3.05, 3.63) is 29.6 Å². The summed E-state index contributed by atoms with van der Waals surface area (Å²) in [5, 5.41) is 0. The molecule has 128 valence electrons. The average molecular weight is 323 g/mol. The fraction of sp³-hybridized carbons (Fsp3) is 0.556. The van der Waals surface area contributed by atoms with E-state index in [1.165, 1.54) is 12.1 Å². The second kappa shape index (κ2) is 8.65. The first-order valence-corrected chi connectivity index (χ1v) is 8.06. The maximum absolute atomic E-state index is 14.1. The monoisotopic (exact) mass is 323 g/mol. The molecule has 0 saturated heterocycles. The first-order valence-electron chi connectivity index (χ1n) is 8.06. The van der Waals surface area contributed by atoms with E-state index in [9.17, 15) is 14.0 Å². The van der Waals surface area contributed by atoms with E-state index in [-0.39, 0.29) is 23.1 Å². The minimum Gasteiger partial charge on any atom is -0.423 e. The molecule has 4 nitrogen and oxygen atoms in total. The fourth-order valence-electron chi connectivity index (χ4n) is 2.11. The van der Waals surface area contributed by atoms with Gasteiger partial charge in [0.2, 0.25) is 0 Å². The summed E-state index contributed by atoms with van der Waals surface area (Å²) >= 11 is 0. The lowest BCUT2D eigenvalue weighted by Crippen LogP contribution is -2.34. The van der Waals surface area contributed by atoms with E-state index >= 15 is 0 Å². The van der Waals surface area contributed by atoms with Crippen molar-refractivity contribution in [1.82, 2.24) is 4.90 Å². The van der Waals surface area contributed by atoms with Gasteiger partial charge in [0, 0.05) is 18.7 Å². The van der Waals surface area contributed by atoms with Gasteiger partial charge >= 0.3 is 5.97 Å². The molecule has 0 aromatic heterocycles. The van der Waals surface area contributed by atoms with Crippen LogP contribution in [0.15, 0.2) is 18.2 Å². The Bertz CT molecular complexity index is 555. The van der Waals surface area contributed by atoms with Gasteiger partial charge in [0.25, 0.3) is 5.91 Å². The zero-order valence-electron chi connectivity index (χ0n) is 14.6. The van der Waals surface area contributed by atoms with E-state index in [0.717, 1.165) is 12.5 Å². The molecule has 0 saturated carbocycles. The van der Waals surface area contributed by atoms with Crippen molar-refractivity contribution in [2.75, 3.05) is 13.1 Å². The number of benzene rings is 1. The number of hydrogen-bond donors (Lipinski definition) is 0. The molecule has 0 atom stereocenters. The van der Waals surface area contributed by atoms with Crippen LogP contribution in [-0.2, 0) is 4.79 Å². The lowest BCUT2D eigenvalue weighted by atomic mass is 10.1. The molecule has 0 unspecified atom stereocenters. The number of hydrogen-bond acceptors (Lipinski definition) is 3. The molecule has 0 aliphatic heterocycles. The van der Waals surface area contributed by atoms with Crippen LogP contribution >= 0.6 is 0 Å². The van der Waals surface area contributed by atoms with E-state index in [1.807, 2.05) is 20.8 Å². The number of halogens is 1. The van der Waals surface area contributed by atoms with Crippen molar-refractivity contribution >= 4 is 11.9 Å². The van der Waals surface area contributed by atoms with Crippen molar-refractivity contribution in [2.45, 2.75) is 41.0 Å². The Balaban J connectivity index is 2.94. The van der Waals surface area contributed by atoms with Crippen LogP contribution in [0.1, 0.15) is 51.4 Å².